The third-order valence-electron chi connectivity index (χ3n) is 5.63. The van der Waals surface area contributed by atoms with Crippen LogP contribution in [0.2, 0.25) is 0 Å². The van der Waals surface area contributed by atoms with Crippen LogP contribution in [0.25, 0.3) is 0 Å². The lowest BCUT2D eigenvalue weighted by Crippen LogP contribution is -2.49. The van der Waals surface area contributed by atoms with Gasteiger partial charge >= 0.3 is 12.1 Å². The Morgan fingerprint density at radius 1 is 1.03 bits per heavy atom. The molecule has 1 aromatic heterocycles. The lowest BCUT2D eigenvalue weighted by atomic mass is 9.99. The van der Waals surface area contributed by atoms with Gasteiger partial charge in [0.15, 0.2) is 0 Å². The van der Waals surface area contributed by atoms with Crippen LogP contribution in [-0.2, 0) is 4.74 Å². The fraction of sp³-hybridized carbons (Fsp3) is 0.478. The molecule has 1 atom stereocenters. The van der Waals surface area contributed by atoms with Crippen LogP contribution in [0.15, 0.2) is 48.8 Å². The molecule has 2 fully saturated rings. The SMILES string of the molecule is CC(C)(C)OC(=O)N1CCC(N2C(=O)N(c3ncccn3)CC2c2ccccc2)CC1. The van der Waals surface area contributed by atoms with Crippen LogP contribution in [0.3, 0.4) is 0 Å². The van der Waals surface area contributed by atoms with Crippen LogP contribution in [0, 0.1) is 0 Å². The fourth-order valence-corrected chi connectivity index (χ4v) is 4.21. The van der Waals surface area contributed by atoms with E-state index in [9.17, 15) is 9.59 Å². The number of hydrogen-bond donors (Lipinski definition) is 0. The van der Waals surface area contributed by atoms with E-state index in [2.05, 4.69) is 22.1 Å². The molecule has 3 heterocycles. The molecule has 2 saturated heterocycles. The standard InChI is InChI=1S/C23H29N5O3/c1-23(2,3)31-22(30)26-14-10-18(11-15-26)28-19(17-8-5-4-6-9-17)16-27(21(28)29)20-24-12-7-13-25-20/h4-9,12-13,18-19H,10-11,14-16H2,1-3H3. The van der Waals surface area contributed by atoms with Crippen molar-refractivity contribution in [3.8, 4) is 0 Å². The molecule has 31 heavy (non-hydrogen) atoms. The monoisotopic (exact) mass is 423 g/mol. The second kappa shape index (κ2) is 8.53. The van der Waals surface area contributed by atoms with Crippen molar-refractivity contribution in [2.45, 2.75) is 51.3 Å². The summed E-state index contributed by atoms with van der Waals surface area (Å²) >= 11 is 0. The van der Waals surface area contributed by atoms with Gasteiger partial charge in [-0.05, 0) is 45.2 Å². The Morgan fingerprint density at radius 3 is 2.29 bits per heavy atom. The first-order chi connectivity index (χ1) is 14.8. The third kappa shape index (κ3) is 4.62. The van der Waals surface area contributed by atoms with Crippen LogP contribution in [0.5, 0.6) is 0 Å². The maximum absolute atomic E-state index is 13.5. The molecule has 8 nitrogen and oxygen atoms in total. The summed E-state index contributed by atoms with van der Waals surface area (Å²) in [6.45, 7) is 7.22. The summed E-state index contributed by atoms with van der Waals surface area (Å²) in [5, 5.41) is 0. The molecule has 0 saturated carbocycles. The van der Waals surface area contributed by atoms with Gasteiger partial charge in [0.25, 0.3) is 0 Å². The quantitative estimate of drug-likeness (QED) is 0.749. The van der Waals surface area contributed by atoms with Gasteiger partial charge in [-0.15, -0.1) is 0 Å². The highest BCUT2D eigenvalue weighted by Crippen LogP contribution is 2.36. The number of ether oxygens (including phenoxy) is 1. The van der Waals surface area contributed by atoms with Crippen molar-refractivity contribution >= 4 is 18.1 Å². The summed E-state index contributed by atoms with van der Waals surface area (Å²) in [6, 6.07) is 11.7. The van der Waals surface area contributed by atoms with E-state index >= 15 is 0 Å². The zero-order valence-corrected chi connectivity index (χ0v) is 18.3. The maximum atomic E-state index is 13.5. The predicted octanol–water partition coefficient (Wildman–Crippen LogP) is 3.86. The largest absolute Gasteiger partial charge is 0.444 e. The van der Waals surface area contributed by atoms with Crippen LogP contribution >= 0.6 is 0 Å². The summed E-state index contributed by atoms with van der Waals surface area (Å²) < 4.78 is 5.51. The van der Waals surface area contributed by atoms with Gasteiger partial charge in [-0.1, -0.05) is 30.3 Å². The van der Waals surface area contributed by atoms with E-state index in [0.717, 1.165) is 5.56 Å². The summed E-state index contributed by atoms with van der Waals surface area (Å²) in [6.07, 6.45) is 4.41. The smallest absolute Gasteiger partial charge is 0.410 e. The first-order valence-electron chi connectivity index (χ1n) is 10.7. The van der Waals surface area contributed by atoms with E-state index in [1.165, 1.54) is 0 Å². The molecule has 1 aromatic carbocycles. The molecule has 2 aromatic rings. The molecular weight excluding hydrogens is 394 g/mol. The minimum atomic E-state index is -0.520. The number of carbonyl (C=O) groups is 2. The van der Waals surface area contributed by atoms with Crippen molar-refractivity contribution in [1.29, 1.82) is 0 Å². The van der Waals surface area contributed by atoms with E-state index in [-0.39, 0.29) is 24.2 Å². The molecule has 164 valence electrons. The van der Waals surface area contributed by atoms with Crippen LogP contribution in [0.4, 0.5) is 15.5 Å². The summed E-state index contributed by atoms with van der Waals surface area (Å²) in [7, 11) is 0. The third-order valence-corrected chi connectivity index (χ3v) is 5.63. The van der Waals surface area contributed by atoms with Gasteiger partial charge in [0.2, 0.25) is 5.95 Å². The average molecular weight is 424 g/mol. The zero-order valence-electron chi connectivity index (χ0n) is 18.3. The zero-order chi connectivity index (χ0) is 22.0. The highest BCUT2D eigenvalue weighted by atomic mass is 16.6. The number of amides is 3. The van der Waals surface area contributed by atoms with Crippen LogP contribution in [0.1, 0.15) is 45.2 Å². The van der Waals surface area contributed by atoms with Gasteiger partial charge in [-0.2, -0.15) is 0 Å². The van der Waals surface area contributed by atoms with E-state index < -0.39 is 5.60 Å². The lowest BCUT2D eigenvalue weighted by Gasteiger charge is -2.39. The Balaban J connectivity index is 1.52. The Kier molecular flexibility index (Phi) is 5.80. The van der Waals surface area contributed by atoms with E-state index in [4.69, 9.17) is 4.74 Å². The Bertz CT molecular complexity index is 908. The number of piperidine rings is 1. The number of aromatic nitrogens is 2. The molecule has 1 unspecified atom stereocenters. The van der Waals surface area contributed by atoms with Crippen LogP contribution < -0.4 is 4.90 Å². The topological polar surface area (TPSA) is 78.9 Å². The number of carbonyl (C=O) groups excluding carboxylic acids is 2. The number of benzene rings is 1. The summed E-state index contributed by atoms with van der Waals surface area (Å²) in [5.74, 6) is 0.419. The highest BCUT2D eigenvalue weighted by Gasteiger charge is 2.44. The first-order valence-corrected chi connectivity index (χ1v) is 10.7. The molecule has 0 aliphatic carbocycles. The number of urea groups is 1. The number of nitrogens with zero attached hydrogens (tertiary/aromatic N) is 5. The lowest BCUT2D eigenvalue weighted by molar-refractivity contribution is 0.0158. The van der Waals surface area contributed by atoms with Gasteiger partial charge in [0.1, 0.15) is 5.60 Å². The van der Waals surface area contributed by atoms with Crippen molar-refractivity contribution in [3.63, 3.8) is 0 Å². The molecule has 2 aliphatic rings. The van der Waals surface area contributed by atoms with Crippen molar-refractivity contribution in [1.82, 2.24) is 19.8 Å². The molecule has 0 bridgehead atoms. The Labute approximate surface area is 182 Å². The second-order valence-electron chi connectivity index (χ2n) is 8.97. The summed E-state index contributed by atoms with van der Waals surface area (Å²) in [5.41, 5.74) is 0.567. The molecule has 3 amide bonds. The maximum Gasteiger partial charge on any atom is 0.410 e. The minimum Gasteiger partial charge on any atom is -0.444 e. The molecule has 2 aliphatic heterocycles. The highest BCUT2D eigenvalue weighted by molar-refractivity contribution is 5.93. The molecular formula is C23H29N5O3. The second-order valence-corrected chi connectivity index (χ2v) is 8.97. The van der Waals surface area contributed by atoms with Gasteiger partial charge in [-0.3, -0.25) is 4.90 Å². The van der Waals surface area contributed by atoms with Crippen molar-refractivity contribution in [2.24, 2.45) is 0 Å². The molecule has 0 spiro atoms. The van der Waals surface area contributed by atoms with Crippen LogP contribution in [-0.4, -0.2) is 63.2 Å². The normalized spacial score (nSPS) is 20.3. The fourth-order valence-electron chi connectivity index (χ4n) is 4.21. The predicted molar refractivity (Wildman–Crippen MR) is 117 cm³/mol. The number of likely N-dealkylation sites (tertiary alicyclic amines) is 1. The summed E-state index contributed by atoms with van der Waals surface area (Å²) in [4.78, 5) is 39.8. The number of anilines is 1. The van der Waals surface area contributed by atoms with E-state index in [1.54, 1.807) is 28.3 Å². The molecule has 4 rings (SSSR count). The average Bonchev–Trinajstić information content (AvgIpc) is 3.11. The Hall–Kier alpha value is -3.16. The van der Waals surface area contributed by atoms with Gasteiger partial charge in [0, 0.05) is 31.5 Å². The van der Waals surface area contributed by atoms with Gasteiger partial charge in [-0.25, -0.2) is 19.6 Å². The molecule has 0 radical (unpaired) electrons. The number of hydrogen-bond acceptors (Lipinski definition) is 5. The van der Waals surface area contributed by atoms with E-state index in [1.807, 2.05) is 43.9 Å². The first kappa shape index (κ1) is 21.1. The van der Waals surface area contributed by atoms with Crippen molar-refractivity contribution < 1.29 is 14.3 Å². The number of rotatable bonds is 3. The molecule has 8 heteroatoms. The van der Waals surface area contributed by atoms with Gasteiger partial charge < -0.3 is 14.5 Å². The minimum absolute atomic E-state index is 0.0325. The van der Waals surface area contributed by atoms with Crippen molar-refractivity contribution in [2.75, 3.05) is 24.5 Å². The van der Waals surface area contributed by atoms with Gasteiger partial charge in [0.05, 0.1) is 12.6 Å². The van der Waals surface area contributed by atoms with E-state index in [0.29, 0.717) is 38.4 Å². The Morgan fingerprint density at radius 2 is 1.68 bits per heavy atom. The van der Waals surface area contributed by atoms with Crippen molar-refractivity contribution in [3.05, 3.63) is 54.4 Å². The molecule has 0 N–H and O–H groups in total.